The molecule has 0 aliphatic carbocycles. The number of aromatic carboxylic acids is 1. The Labute approximate surface area is 124 Å². The Morgan fingerprint density at radius 2 is 1.75 bits per heavy atom. The first kappa shape index (κ1) is 14.4. The number of nitrogens with one attached hydrogen (secondary N) is 1. The number of carboxylic acid groups (broad SMARTS) is 1. The first-order chi connectivity index (χ1) is 9.47. The van der Waals surface area contributed by atoms with E-state index in [-0.39, 0.29) is 16.3 Å². The summed E-state index contributed by atoms with van der Waals surface area (Å²) in [4.78, 5) is 22.9. The number of rotatable bonds is 3. The number of halogens is 2. The first-order valence-electron chi connectivity index (χ1n) is 5.57. The minimum Gasteiger partial charge on any atom is -0.478 e. The molecule has 2 aromatic rings. The molecular weight excluding hydrogens is 301 g/mol. The molecule has 0 unspecified atom stereocenters. The zero-order chi connectivity index (χ0) is 14.7. The first-order valence-corrected chi connectivity index (χ1v) is 6.33. The molecule has 0 heterocycles. The normalized spacial score (nSPS) is 10.1. The van der Waals surface area contributed by atoms with Crippen LogP contribution in [0.4, 0.5) is 5.69 Å². The van der Waals surface area contributed by atoms with Crippen molar-refractivity contribution in [2.24, 2.45) is 0 Å². The highest BCUT2D eigenvalue weighted by Crippen LogP contribution is 2.24. The highest BCUT2D eigenvalue weighted by Gasteiger charge is 2.11. The molecule has 0 atom stereocenters. The third-order valence-electron chi connectivity index (χ3n) is 2.55. The van der Waals surface area contributed by atoms with Gasteiger partial charge in [-0.2, -0.15) is 0 Å². The van der Waals surface area contributed by atoms with E-state index in [4.69, 9.17) is 28.3 Å². The number of hydrogen-bond acceptors (Lipinski definition) is 2. The van der Waals surface area contributed by atoms with Crippen molar-refractivity contribution in [1.82, 2.24) is 0 Å². The molecule has 0 fully saturated rings. The number of hydrogen-bond donors (Lipinski definition) is 2. The third kappa shape index (κ3) is 3.29. The monoisotopic (exact) mass is 309 g/mol. The van der Waals surface area contributed by atoms with Crippen molar-refractivity contribution < 1.29 is 14.7 Å². The summed E-state index contributed by atoms with van der Waals surface area (Å²) >= 11 is 11.7. The van der Waals surface area contributed by atoms with E-state index in [0.29, 0.717) is 10.6 Å². The smallest absolute Gasteiger partial charge is 0.335 e. The van der Waals surface area contributed by atoms with Gasteiger partial charge in [0, 0.05) is 10.6 Å². The number of anilines is 1. The molecule has 0 radical (unpaired) electrons. The zero-order valence-corrected chi connectivity index (χ0v) is 11.6. The lowest BCUT2D eigenvalue weighted by Gasteiger charge is -2.08. The van der Waals surface area contributed by atoms with Gasteiger partial charge in [-0.15, -0.1) is 0 Å². The lowest BCUT2D eigenvalue weighted by molar-refractivity contribution is 0.0696. The maximum atomic E-state index is 12.0. The lowest BCUT2D eigenvalue weighted by atomic mass is 10.1. The highest BCUT2D eigenvalue weighted by atomic mass is 35.5. The summed E-state index contributed by atoms with van der Waals surface area (Å²) in [5.41, 5.74) is 0.627. The van der Waals surface area contributed by atoms with Crippen LogP contribution in [0, 0.1) is 0 Å². The minimum atomic E-state index is -1.10. The fourth-order valence-electron chi connectivity index (χ4n) is 1.58. The number of carbonyl (C=O) groups is 2. The van der Waals surface area contributed by atoms with Gasteiger partial charge < -0.3 is 10.4 Å². The largest absolute Gasteiger partial charge is 0.478 e. The molecule has 4 nitrogen and oxygen atoms in total. The van der Waals surface area contributed by atoms with Crippen LogP contribution in [0.25, 0.3) is 0 Å². The van der Waals surface area contributed by atoms with Crippen molar-refractivity contribution in [1.29, 1.82) is 0 Å². The van der Waals surface area contributed by atoms with E-state index in [0.717, 1.165) is 0 Å². The Morgan fingerprint density at radius 3 is 2.40 bits per heavy atom. The molecule has 0 aliphatic heterocycles. The van der Waals surface area contributed by atoms with Crippen LogP contribution >= 0.6 is 23.2 Å². The predicted molar refractivity (Wildman–Crippen MR) is 77.8 cm³/mol. The molecule has 0 aromatic heterocycles. The van der Waals surface area contributed by atoms with Crippen molar-refractivity contribution in [2.75, 3.05) is 5.32 Å². The van der Waals surface area contributed by atoms with Crippen LogP contribution in [0.1, 0.15) is 20.7 Å². The number of benzene rings is 2. The van der Waals surface area contributed by atoms with E-state index >= 15 is 0 Å². The van der Waals surface area contributed by atoms with Gasteiger partial charge in [-0.1, -0.05) is 29.3 Å². The molecule has 2 rings (SSSR count). The van der Waals surface area contributed by atoms with Crippen LogP contribution < -0.4 is 5.32 Å². The summed E-state index contributed by atoms with van der Waals surface area (Å²) in [6, 6.07) is 10.5. The highest BCUT2D eigenvalue weighted by molar-refractivity contribution is 6.34. The Bertz CT molecular complexity index is 686. The van der Waals surface area contributed by atoms with Gasteiger partial charge in [0.25, 0.3) is 5.91 Å². The van der Waals surface area contributed by atoms with Gasteiger partial charge in [-0.25, -0.2) is 4.79 Å². The van der Waals surface area contributed by atoms with E-state index in [2.05, 4.69) is 5.32 Å². The second-order valence-electron chi connectivity index (χ2n) is 3.96. The molecular formula is C14H9Cl2NO3. The Balaban J connectivity index is 2.27. The van der Waals surface area contributed by atoms with E-state index in [1.165, 1.54) is 24.3 Å². The molecule has 0 spiro atoms. The van der Waals surface area contributed by atoms with Crippen molar-refractivity contribution in [3.8, 4) is 0 Å². The molecule has 2 N–H and O–H groups in total. The Kier molecular flexibility index (Phi) is 4.27. The minimum absolute atomic E-state index is 0.0378. The van der Waals surface area contributed by atoms with Gasteiger partial charge in [0.1, 0.15) is 0 Å². The van der Waals surface area contributed by atoms with Crippen LogP contribution in [0.2, 0.25) is 10.0 Å². The maximum absolute atomic E-state index is 12.0. The number of amides is 1. The SMILES string of the molecule is O=C(O)c1ccc(Cl)c(NC(=O)c2cccc(Cl)c2)c1. The summed E-state index contributed by atoms with van der Waals surface area (Å²) in [6.07, 6.45) is 0. The summed E-state index contributed by atoms with van der Waals surface area (Å²) in [5.74, 6) is -1.52. The van der Waals surface area contributed by atoms with Gasteiger partial charge >= 0.3 is 5.97 Å². The van der Waals surface area contributed by atoms with E-state index in [1.807, 2.05) is 0 Å². The summed E-state index contributed by atoms with van der Waals surface area (Å²) in [6.45, 7) is 0. The van der Waals surface area contributed by atoms with Gasteiger partial charge in [0.05, 0.1) is 16.3 Å². The summed E-state index contributed by atoms with van der Waals surface area (Å²) < 4.78 is 0. The van der Waals surface area contributed by atoms with E-state index in [9.17, 15) is 9.59 Å². The van der Waals surface area contributed by atoms with Crippen LogP contribution in [0.3, 0.4) is 0 Å². The van der Waals surface area contributed by atoms with Crippen LogP contribution in [-0.4, -0.2) is 17.0 Å². The topological polar surface area (TPSA) is 66.4 Å². The predicted octanol–water partition coefficient (Wildman–Crippen LogP) is 3.94. The van der Waals surface area contributed by atoms with Crippen LogP contribution in [0.5, 0.6) is 0 Å². The van der Waals surface area contributed by atoms with E-state index < -0.39 is 11.9 Å². The molecule has 0 aliphatic rings. The average Bonchev–Trinajstić information content (AvgIpc) is 2.41. The summed E-state index contributed by atoms with van der Waals surface area (Å²) in [5, 5.41) is 12.2. The molecule has 2 aromatic carbocycles. The molecule has 6 heteroatoms. The average molecular weight is 310 g/mol. The van der Waals surface area contributed by atoms with Crippen LogP contribution in [-0.2, 0) is 0 Å². The third-order valence-corrected chi connectivity index (χ3v) is 3.11. The second kappa shape index (κ2) is 5.94. The molecule has 20 heavy (non-hydrogen) atoms. The fraction of sp³-hybridized carbons (Fsp3) is 0. The van der Waals surface area contributed by atoms with Gasteiger partial charge in [0.15, 0.2) is 0 Å². The van der Waals surface area contributed by atoms with Crippen molar-refractivity contribution in [3.05, 3.63) is 63.6 Å². The maximum Gasteiger partial charge on any atom is 0.335 e. The zero-order valence-electron chi connectivity index (χ0n) is 10.1. The lowest BCUT2D eigenvalue weighted by Crippen LogP contribution is -2.12. The van der Waals surface area contributed by atoms with Crippen LogP contribution in [0.15, 0.2) is 42.5 Å². The van der Waals surface area contributed by atoms with Gasteiger partial charge in [-0.05, 0) is 36.4 Å². The van der Waals surface area contributed by atoms with Gasteiger partial charge in [0.2, 0.25) is 0 Å². The summed E-state index contributed by atoms with van der Waals surface area (Å²) in [7, 11) is 0. The van der Waals surface area contributed by atoms with Crippen molar-refractivity contribution >= 4 is 40.8 Å². The Morgan fingerprint density at radius 1 is 1.00 bits per heavy atom. The fourth-order valence-corrected chi connectivity index (χ4v) is 1.93. The molecule has 0 saturated carbocycles. The quantitative estimate of drug-likeness (QED) is 0.902. The molecule has 0 saturated heterocycles. The number of carbonyl (C=O) groups excluding carboxylic acids is 1. The molecule has 1 amide bonds. The Hall–Kier alpha value is -2.04. The second-order valence-corrected chi connectivity index (χ2v) is 4.81. The van der Waals surface area contributed by atoms with E-state index in [1.54, 1.807) is 18.2 Å². The number of carboxylic acids is 1. The molecule has 0 bridgehead atoms. The van der Waals surface area contributed by atoms with Crippen molar-refractivity contribution in [2.45, 2.75) is 0 Å². The van der Waals surface area contributed by atoms with Gasteiger partial charge in [-0.3, -0.25) is 4.79 Å². The standard InChI is InChI=1S/C14H9Cl2NO3/c15-10-3-1-2-8(6-10)13(18)17-12-7-9(14(19)20)4-5-11(12)16/h1-7H,(H,17,18)(H,19,20). The molecule has 102 valence electrons. The van der Waals surface area contributed by atoms with Crippen molar-refractivity contribution in [3.63, 3.8) is 0 Å².